The van der Waals surface area contributed by atoms with Crippen molar-refractivity contribution in [2.75, 3.05) is 31.1 Å². The average Bonchev–Trinajstić information content (AvgIpc) is 2.39. The second kappa shape index (κ2) is 5.75. The molecular formula is C16H26N2. The summed E-state index contributed by atoms with van der Waals surface area (Å²) in [5, 5.41) is 0. The summed E-state index contributed by atoms with van der Waals surface area (Å²) in [5.74, 6) is 0.613. The maximum atomic E-state index is 2.56. The topological polar surface area (TPSA) is 6.48 Å². The van der Waals surface area contributed by atoms with Crippen molar-refractivity contribution in [1.82, 2.24) is 4.90 Å². The van der Waals surface area contributed by atoms with Gasteiger partial charge in [-0.25, -0.2) is 0 Å². The molecule has 100 valence electrons. The van der Waals surface area contributed by atoms with Crippen LogP contribution in [0.2, 0.25) is 0 Å². The SMILES string of the molecule is CC(C)c1cccc(N2CCN(C(C)C)CC2)c1. The Morgan fingerprint density at radius 1 is 0.944 bits per heavy atom. The van der Waals surface area contributed by atoms with Gasteiger partial charge in [-0.3, -0.25) is 4.90 Å². The van der Waals surface area contributed by atoms with Crippen LogP contribution in [-0.2, 0) is 0 Å². The van der Waals surface area contributed by atoms with Crippen molar-refractivity contribution >= 4 is 5.69 Å². The summed E-state index contributed by atoms with van der Waals surface area (Å²) in [6.45, 7) is 13.8. The molecule has 0 amide bonds. The van der Waals surface area contributed by atoms with Crippen LogP contribution in [0.4, 0.5) is 5.69 Å². The molecule has 2 rings (SSSR count). The first kappa shape index (κ1) is 13.4. The van der Waals surface area contributed by atoms with Crippen LogP contribution < -0.4 is 4.90 Å². The molecule has 0 aromatic heterocycles. The molecule has 0 radical (unpaired) electrons. The molecule has 0 N–H and O–H groups in total. The fourth-order valence-corrected chi connectivity index (χ4v) is 2.58. The van der Waals surface area contributed by atoms with Crippen molar-refractivity contribution < 1.29 is 0 Å². The Morgan fingerprint density at radius 2 is 1.61 bits per heavy atom. The molecule has 0 aliphatic carbocycles. The molecule has 0 bridgehead atoms. The normalized spacial score (nSPS) is 17.8. The van der Waals surface area contributed by atoms with Gasteiger partial charge in [-0.05, 0) is 37.5 Å². The average molecular weight is 246 g/mol. The van der Waals surface area contributed by atoms with Gasteiger partial charge in [0.2, 0.25) is 0 Å². The number of piperazine rings is 1. The summed E-state index contributed by atoms with van der Waals surface area (Å²) >= 11 is 0. The van der Waals surface area contributed by atoms with Crippen LogP contribution in [0.25, 0.3) is 0 Å². The van der Waals surface area contributed by atoms with Crippen LogP contribution in [0.1, 0.15) is 39.2 Å². The fraction of sp³-hybridized carbons (Fsp3) is 0.625. The van der Waals surface area contributed by atoms with Crippen molar-refractivity contribution in [2.24, 2.45) is 0 Å². The Kier molecular flexibility index (Phi) is 4.28. The number of benzene rings is 1. The molecule has 1 fully saturated rings. The van der Waals surface area contributed by atoms with Crippen molar-refractivity contribution in [3.05, 3.63) is 29.8 Å². The summed E-state index contributed by atoms with van der Waals surface area (Å²) in [4.78, 5) is 5.08. The summed E-state index contributed by atoms with van der Waals surface area (Å²) in [7, 11) is 0. The standard InChI is InChI=1S/C16H26N2/c1-13(2)15-6-5-7-16(12-15)18-10-8-17(9-11-18)14(3)4/h5-7,12-14H,8-11H2,1-4H3. The van der Waals surface area contributed by atoms with Gasteiger partial charge >= 0.3 is 0 Å². The van der Waals surface area contributed by atoms with Crippen LogP contribution in [0.5, 0.6) is 0 Å². The molecule has 2 nitrogen and oxygen atoms in total. The molecule has 0 atom stereocenters. The van der Waals surface area contributed by atoms with E-state index >= 15 is 0 Å². The highest BCUT2D eigenvalue weighted by molar-refractivity contribution is 5.49. The molecule has 1 aromatic rings. The van der Waals surface area contributed by atoms with Gasteiger partial charge in [-0.15, -0.1) is 0 Å². The number of rotatable bonds is 3. The fourth-order valence-electron chi connectivity index (χ4n) is 2.58. The molecule has 18 heavy (non-hydrogen) atoms. The van der Waals surface area contributed by atoms with Gasteiger partial charge in [-0.1, -0.05) is 26.0 Å². The van der Waals surface area contributed by atoms with Crippen molar-refractivity contribution in [3.8, 4) is 0 Å². The van der Waals surface area contributed by atoms with Crippen LogP contribution in [0.15, 0.2) is 24.3 Å². The first-order valence-corrected chi connectivity index (χ1v) is 7.17. The lowest BCUT2D eigenvalue weighted by Crippen LogP contribution is -2.48. The minimum Gasteiger partial charge on any atom is -0.369 e. The molecule has 1 aliphatic rings. The summed E-state index contributed by atoms with van der Waals surface area (Å²) in [6, 6.07) is 9.71. The minimum absolute atomic E-state index is 0.613. The zero-order chi connectivity index (χ0) is 13.1. The first-order valence-electron chi connectivity index (χ1n) is 7.17. The Bertz CT molecular complexity index is 376. The zero-order valence-corrected chi connectivity index (χ0v) is 12.2. The van der Waals surface area contributed by atoms with Crippen LogP contribution in [-0.4, -0.2) is 37.1 Å². The van der Waals surface area contributed by atoms with Crippen LogP contribution in [0.3, 0.4) is 0 Å². The maximum Gasteiger partial charge on any atom is 0.0369 e. The monoisotopic (exact) mass is 246 g/mol. The Labute approximate surface area is 112 Å². The van der Waals surface area contributed by atoms with E-state index < -0.39 is 0 Å². The van der Waals surface area contributed by atoms with E-state index in [0.29, 0.717) is 12.0 Å². The van der Waals surface area contributed by atoms with Gasteiger partial charge in [0.05, 0.1) is 0 Å². The van der Waals surface area contributed by atoms with Gasteiger partial charge < -0.3 is 4.90 Å². The molecule has 0 saturated carbocycles. The van der Waals surface area contributed by atoms with Gasteiger partial charge in [0, 0.05) is 37.9 Å². The van der Waals surface area contributed by atoms with Gasteiger partial charge in [-0.2, -0.15) is 0 Å². The Hall–Kier alpha value is -1.02. The largest absolute Gasteiger partial charge is 0.369 e. The number of anilines is 1. The van der Waals surface area contributed by atoms with Crippen molar-refractivity contribution in [2.45, 2.75) is 39.7 Å². The summed E-state index contributed by atoms with van der Waals surface area (Å²) in [6.07, 6.45) is 0. The van der Waals surface area contributed by atoms with E-state index in [1.54, 1.807) is 0 Å². The van der Waals surface area contributed by atoms with E-state index in [-0.39, 0.29) is 0 Å². The second-order valence-corrected chi connectivity index (χ2v) is 5.87. The second-order valence-electron chi connectivity index (χ2n) is 5.87. The Morgan fingerprint density at radius 3 is 2.17 bits per heavy atom. The molecule has 1 heterocycles. The predicted molar refractivity (Wildman–Crippen MR) is 79.5 cm³/mol. The molecule has 1 aliphatic heterocycles. The van der Waals surface area contributed by atoms with E-state index in [0.717, 1.165) is 13.1 Å². The number of hydrogen-bond donors (Lipinski definition) is 0. The maximum absolute atomic E-state index is 2.56. The third-order valence-electron chi connectivity index (χ3n) is 3.95. The van der Waals surface area contributed by atoms with Gasteiger partial charge in [0.1, 0.15) is 0 Å². The van der Waals surface area contributed by atoms with Crippen molar-refractivity contribution in [1.29, 1.82) is 0 Å². The number of nitrogens with zero attached hydrogens (tertiary/aromatic N) is 2. The Balaban J connectivity index is 2.03. The smallest absolute Gasteiger partial charge is 0.0369 e. The van der Waals surface area contributed by atoms with Gasteiger partial charge in [0.15, 0.2) is 0 Å². The predicted octanol–water partition coefficient (Wildman–Crippen LogP) is 3.34. The third kappa shape index (κ3) is 3.05. The van der Waals surface area contributed by atoms with Crippen LogP contribution in [0, 0.1) is 0 Å². The molecule has 0 unspecified atom stereocenters. The molecule has 0 spiro atoms. The quantitative estimate of drug-likeness (QED) is 0.807. The summed E-state index contributed by atoms with van der Waals surface area (Å²) in [5.41, 5.74) is 2.84. The van der Waals surface area contributed by atoms with Crippen molar-refractivity contribution in [3.63, 3.8) is 0 Å². The van der Waals surface area contributed by atoms with E-state index in [4.69, 9.17) is 0 Å². The highest BCUT2D eigenvalue weighted by atomic mass is 15.3. The molecule has 2 heteroatoms. The zero-order valence-electron chi connectivity index (χ0n) is 12.2. The minimum atomic E-state index is 0.613. The molecule has 1 saturated heterocycles. The van der Waals surface area contributed by atoms with Crippen LogP contribution >= 0.6 is 0 Å². The number of hydrogen-bond acceptors (Lipinski definition) is 2. The van der Waals surface area contributed by atoms with E-state index in [1.807, 2.05) is 0 Å². The van der Waals surface area contributed by atoms with E-state index in [9.17, 15) is 0 Å². The van der Waals surface area contributed by atoms with Gasteiger partial charge in [0.25, 0.3) is 0 Å². The lowest BCUT2D eigenvalue weighted by molar-refractivity contribution is 0.209. The molecule has 1 aromatic carbocycles. The lowest BCUT2D eigenvalue weighted by atomic mass is 10.0. The summed E-state index contributed by atoms with van der Waals surface area (Å²) < 4.78 is 0. The highest BCUT2D eigenvalue weighted by Gasteiger charge is 2.19. The first-order chi connectivity index (χ1) is 8.58. The van der Waals surface area contributed by atoms with E-state index in [1.165, 1.54) is 24.3 Å². The highest BCUT2D eigenvalue weighted by Crippen LogP contribution is 2.22. The molecular weight excluding hydrogens is 220 g/mol. The lowest BCUT2D eigenvalue weighted by Gasteiger charge is -2.38. The van der Waals surface area contributed by atoms with E-state index in [2.05, 4.69) is 61.8 Å². The third-order valence-corrected chi connectivity index (χ3v) is 3.95.